The summed E-state index contributed by atoms with van der Waals surface area (Å²) in [4.78, 5) is 30.6. The molecule has 0 fully saturated rings. The highest BCUT2D eigenvalue weighted by Gasteiger charge is 2.18. The summed E-state index contributed by atoms with van der Waals surface area (Å²) >= 11 is 1.58. The Hall–Kier alpha value is -1.76. The summed E-state index contributed by atoms with van der Waals surface area (Å²) in [7, 11) is 1.69. The Morgan fingerprint density at radius 2 is 2.09 bits per heavy atom. The van der Waals surface area contributed by atoms with Gasteiger partial charge in [-0.15, -0.1) is 11.8 Å². The SMILES string of the molecule is CCSc1cccnc1C(=O)N(C)CCNC(=O)OC(C)(C)C. The molecule has 0 saturated heterocycles. The number of amides is 2. The highest BCUT2D eigenvalue weighted by atomic mass is 32.2. The molecule has 6 nitrogen and oxygen atoms in total. The average molecular weight is 339 g/mol. The van der Waals surface area contributed by atoms with Gasteiger partial charge in [0.2, 0.25) is 0 Å². The number of alkyl carbamates (subject to hydrolysis) is 1. The molecule has 1 rings (SSSR count). The maximum Gasteiger partial charge on any atom is 0.407 e. The van der Waals surface area contributed by atoms with Crippen molar-refractivity contribution in [1.82, 2.24) is 15.2 Å². The number of carbonyl (C=O) groups excluding carboxylic acids is 2. The van der Waals surface area contributed by atoms with Crippen LogP contribution in [-0.4, -0.2) is 53.4 Å². The van der Waals surface area contributed by atoms with Gasteiger partial charge in [0, 0.05) is 31.2 Å². The van der Waals surface area contributed by atoms with Crippen LogP contribution in [0.2, 0.25) is 0 Å². The van der Waals surface area contributed by atoms with Gasteiger partial charge in [0.1, 0.15) is 11.3 Å². The highest BCUT2D eigenvalue weighted by molar-refractivity contribution is 7.99. The van der Waals surface area contributed by atoms with Crippen molar-refractivity contribution in [2.45, 2.75) is 38.2 Å². The predicted octanol–water partition coefficient (Wildman–Crippen LogP) is 2.79. The van der Waals surface area contributed by atoms with E-state index in [-0.39, 0.29) is 5.91 Å². The Morgan fingerprint density at radius 1 is 1.39 bits per heavy atom. The molecule has 7 heteroatoms. The predicted molar refractivity (Wildman–Crippen MR) is 91.8 cm³/mol. The third-order valence-corrected chi connectivity index (χ3v) is 3.66. The van der Waals surface area contributed by atoms with Crippen molar-refractivity contribution in [2.75, 3.05) is 25.9 Å². The van der Waals surface area contributed by atoms with Crippen molar-refractivity contribution < 1.29 is 14.3 Å². The Kier molecular flexibility index (Phi) is 7.35. The topological polar surface area (TPSA) is 71.5 Å². The highest BCUT2D eigenvalue weighted by Crippen LogP contribution is 2.21. The van der Waals surface area contributed by atoms with Gasteiger partial charge in [-0.1, -0.05) is 6.92 Å². The Labute approximate surface area is 142 Å². The van der Waals surface area contributed by atoms with Gasteiger partial charge < -0.3 is 15.0 Å². The minimum atomic E-state index is -0.536. The summed E-state index contributed by atoms with van der Waals surface area (Å²) in [6.45, 7) is 8.13. The molecular formula is C16H25N3O3S. The van der Waals surface area contributed by atoms with Crippen molar-refractivity contribution in [2.24, 2.45) is 0 Å². The van der Waals surface area contributed by atoms with E-state index in [0.29, 0.717) is 18.8 Å². The molecule has 128 valence electrons. The lowest BCUT2D eigenvalue weighted by atomic mass is 10.2. The van der Waals surface area contributed by atoms with E-state index in [2.05, 4.69) is 10.3 Å². The fourth-order valence-electron chi connectivity index (χ4n) is 1.75. The maximum absolute atomic E-state index is 12.5. The average Bonchev–Trinajstić information content (AvgIpc) is 2.45. The number of hydrogen-bond acceptors (Lipinski definition) is 5. The first-order valence-electron chi connectivity index (χ1n) is 7.54. The molecule has 0 saturated carbocycles. The van der Waals surface area contributed by atoms with Crippen LogP contribution >= 0.6 is 11.8 Å². The van der Waals surface area contributed by atoms with Crippen molar-refractivity contribution in [3.05, 3.63) is 24.0 Å². The van der Waals surface area contributed by atoms with E-state index < -0.39 is 11.7 Å². The lowest BCUT2D eigenvalue weighted by Crippen LogP contribution is -2.39. The van der Waals surface area contributed by atoms with Crippen molar-refractivity contribution in [1.29, 1.82) is 0 Å². The number of aromatic nitrogens is 1. The van der Waals surface area contributed by atoms with Crippen LogP contribution in [0.4, 0.5) is 4.79 Å². The lowest BCUT2D eigenvalue weighted by Gasteiger charge is -2.21. The molecule has 0 bridgehead atoms. The van der Waals surface area contributed by atoms with E-state index in [4.69, 9.17) is 4.74 Å². The minimum Gasteiger partial charge on any atom is -0.444 e. The van der Waals surface area contributed by atoms with Crippen molar-refractivity contribution in [3.63, 3.8) is 0 Å². The monoisotopic (exact) mass is 339 g/mol. The van der Waals surface area contributed by atoms with Gasteiger partial charge in [-0.2, -0.15) is 0 Å². The number of ether oxygens (including phenoxy) is 1. The van der Waals surface area contributed by atoms with Gasteiger partial charge in [0.25, 0.3) is 5.91 Å². The molecule has 2 amide bonds. The van der Waals surface area contributed by atoms with E-state index in [1.54, 1.807) is 50.7 Å². The van der Waals surface area contributed by atoms with Gasteiger partial charge in [-0.3, -0.25) is 4.79 Å². The van der Waals surface area contributed by atoms with Crippen LogP contribution in [0.3, 0.4) is 0 Å². The number of hydrogen-bond donors (Lipinski definition) is 1. The summed E-state index contributed by atoms with van der Waals surface area (Å²) < 4.78 is 5.15. The molecule has 0 atom stereocenters. The first kappa shape index (κ1) is 19.3. The molecule has 0 aliphatic rings. The fraction of sp³-hybridized carbons (Fsp3) is 0.562. The fourth-order valence-corrected chi connectivity index (χ4v) is 2.51. The summed E-state index contributed by atoms with van der Waals surface area (Å²) in [6.07, 6.45) is 1.12. The number of pyridine rings is 1. The van der Waals surface area contributed by atoms with Crippen molar-refractivity contribution in [3.8, 4) is 0 Å². The van der Waals surface area contributed by atoms with Crippen LogP contribution in [0.5, 0.6) is 0 Å². The Bertz CT molecular complexity index is 544. The van der Waals surface area contributed by atoms with Crippen LogP contribution in [0.15, 0.2) is 23.2 Å². The third-order valence-electron chi connectivity index (χ3n) is 2.74. The van der Waals surface area contributed by atoms with Gasteiger partial charge in [-0.05, 0) is 38.7 Å². The molecule has 1 N–H and O–H groups in total. The molecule has 0 aromatic carbocycles. The number of nitrogens with zero attached hydrogens (tertiary/aromatic N) is 2. The molecular weight excluding hydrogens is 314 g/mol. The molecule has 0 aliphatic carbocycles. The third kappa shape index (κ3) is 6.90. The van der Waals surface area contributed by atoms with E-state index in [9.17, 15) is 9.59 Å². The molecule has 0 unspecified atom stereocenters. The van der Waals surface area contributed by atoms with Gasteiger partial charge in [0.05, 0.1) is 0 Å². The molecule has 0 aliphatic heterocycles. The van der Waals surface area contributed by atoms with Crippen LogP contribution in [0.25, 0.3) is 0 Å². The largest absolute Gasteiger partial charge is 0.444 e. The Balaban J connectivity index is 2.53. The molecule has 1 heterocycles. The van der Waals surface area contributed by atoms with Gasteiger partial charge >= 0.3 is 6.09 Å². The normalized spacial score (nSPS) is 11.0. The summed E-state index contributed by atoms with van der Waals surface area (Å²) in [5.74, 6) is 0.711. The van der Waals surface area contributed by atoms with Crippen molar-refractivity contribution >= 4 is 23.8 Å². The van der Waals surface area contributed by atoms with Gasteiger partial charge in [0.15, 0.2) is 0 Å². The molecule has 1 aromatic rings. The van der Waals surface area contributed by atoms with E-state index in [0.717, 1.165) is 10.6 Å². The zero-order valence-corrected chi connectivity index (χ0v) is 15.2. The maximum atomic E-state index is 12.5. The minimum absolute atomic E-state index is 0.160. The van der Waals surface area contributed by atoms with Crippen LogP contribution in [0, 0.1) is 0 Å². The van der Waals surface area contributed by atoms with E-state index >= 15 is 0 Å². The van der Waals surface area contributed by atoms with E-state index in [1.165, 1.54) is 0 Å². The number of nitrogens with one attached hydrogen (secondary N) is 1. The zero-order chi connectivity index (χ0) is 17.5. The molecule has 0 spiro atoms. The molecule has 0 radical (unpaired) electrons. The number of thioether (sulfide) groups is 1. The lowest BCUT2D eigenvalue weighted by molar-refractivity contribution is 0.0517. The first-order valence-corrected chi connectivity index (χ1v) is 8.53. The molecule has 23 heavy (non-hydrogen) atoms. The molecule has 1 aromatic heterocycles. The summed E-state index contributed by atoms with van der Waals surface area (Å²) in [6, 6.07) is 3.71. The zero-order valence-electron chi connectivity index (χ0n) is 14.4. The second-order valence-electron chi connectivity index (χ2n) is 5.94. The second-order valence-corrected chi connectivity index (χ2v) is 7.24. The first-order chi connectivity index (χ1) is 10.7. The van der Waals surface area contributed by atoms with Crippen LogP contribution < -0.4 is 5.32 Å². The smallest absolute Gasteiger partial charge is 0.407 e. The standard InChI is InChI=1S/C16H25N3O3S/c1-6-23-12-8-7-9-17-13(12)14(20)19(5)11-10-18-15(21)22-16(2,3)4/h7-9H,6,10-11H2,1-5H3,(H,18,21). The number of likely N-dealkylation sites (N-methyl/N-ethyl adjacent to an activating group) is 1. The van der Waals surface area contributed by atoms with Crippen LogP contribution in [0.1, 0.15) is 38.2 Å². The summed E-state index contributed by atoms with van der Waals surface area (Å²) in [5.41, 5.74) is -0.0920. The second kappa shape index (κ2) is 8.76. The summed E-state index contributed by atoms with van der Waals surface area (Å²) in [5, 5.41) is 2.64. The number of carbonyl (C=O) groups is 2. The van der Waals surface area contributed by atoms with Crippen LogP contribution in [-0.2, 0) is 4.74 Å². The Morgan fingerprint density at radius 3 is 2.70 bits per heavy atom. The van der Waals surface area contributed by atoms with Gasteiger partial charge in [-0.25, -0.2) is 9.78 Å². The van der Waals surface area contributed by atoms with E-state index in [1.807, 2.05) is 19.1 Å². The quantitative estimate of drug-likeness (QED) is 0.807. The number of rotatable bonds is 6.